The third kappa shape index (κ3) is 7.54. The van der Waals surface area contributed by atoms with Gasteiger partial charge in [-0.15, -0.1) is 0 Å². The summed E-state index contributed by atoms with van der Waals surface area (Å²) in [7, 11) is 0. The second-order valence-corrected chi connectivity index (χ2v) is 3.87. The molecule has 0 aromatic heterocycles. The highest BCUT2D eigenvalue weighted by Gasteiger charge is 2.11. The zero-order valence-corrected chi connectivity index (χ0v) is 8.31. The maximum Gasteiger partial charge on any atom is 0.220 e. The van der Waals surface area contributed by atoms with Crippen molar-refractivity contribution < 1.29 is 4.79 Å². The lowest BCUT2D eigenvalue weighted by Crippen LogP contribution is -2.45. The number of nitrogens with two attached hydrogens (primary N) is 1. The Morgan fingerprint density at radius 2 is 2.08 bits per heavy atom. The van der Waals surface area contributed by atoms with Gasteiger partial charge >= 0.3 is 0 Å². The lowest BCUT2D eigenvalue weighted by molar-refractivity contribution is -0.121. The van der Waals surface area contributed by atoms with E-state index in [0.29, 0.717) is 13.0 Å². The minimum Gasteiger partial charge on any atom is -0.354 e. The number of unbranched alkanes of at least 4 members (excludes halogenated alkanes) is 1. The first-order valence-corrected chi connectivity index (χ1v) is 4.51. The van der Waals surface area contributed by atoms with Crippen LogP contribution in [0.2, 0.25) is 0 Å². The Morgan fingerprint density at radius 1 is 1.50 bits per heavy atom. The van der Waals surface area contributed by atoms with Crippen LogP contribution in [0.3, 0.4) is 0 Å². The van der Waals surface area contributed by atoms with Crippen molar-refractivity contribution in [1.82, 2.24) is 5.32 Å². The predicted molar refractivity (Wildman–Crippen MR) is 50.8 cm³/mol. The van der Waals surface area contributed by atoms with E-state index >= 15 is 0 Å². The molecule has 0 radical (unpaired) electrons. The van der Waals surface area contributed by atoms with Gasteiger partial charge in [0.05, 0.1) is 0 Å². The summed E-state index contributed by atoms with van der Waals surface area (Å²) in [4.78, 5) is 11.1. The molecule has 12 heavy (non-hydrogen) atoms. The topological polar surface area (TPSA) is 55.1 Å². The van der Waals surface area contributed by atoms with Crippen LogP contribution in [0.15, 0.2) is 0 Å². The van der Waals surface area contributed by atoms with E-state index in [1.54, 1.807) is 0 Å². The average Bonchev–Trinajstić information content (AvgIpc) is 1.95. The monoisotopic (exact) mass is 172 g/mol. The predicted octanol–water partition coefficient (Wildman–Crippen LogP) is 1.03. The summed E-state index contributed by atoms with van der Waals surface area (Å²) in [5, 5.41) is 2.79. The van der Waals surface area contributed by atoms with Crippen LogP contribution >= 0.6 is 0 Å². The molecule has 0 rings (SSSR count). The van der Waals surface area contributed by atoms with Gasteiger partial charge in [-0.3, -0.25) is 4.79 Å². The molecule has 0 saturated carbocycles. The standard InChI is InChI=1S/C9H20N2O/c1-4-5-6-8(12)11-7-9(2,3)10/h4-7,10H2,1-3H3,(H,11,12). The van der Waals surface area contributed by atoms with E-state index in [1.807, 2.05) is 13.8 Å². The Balaban J connectivity index is 3.44. The second kappa shape index (κ2) is 5.14. The molecule has 0 bridgehead atoms. The lowest BCUT2D eigenvalue weighted by Gasteiger charge is -2.18. The summed E-state index contributed by atoms with van der Waals surface area (Å²) in [6.07, 6.45) is 2.63. The van der Waals surface area contributed by atoms with Gasteiger partial charge in [-0.05, 0) is 20.3 Å². The summed E-state index contributed by atoms with van der Waals surface area (Å²) in [6, 6.07) is 0. The van der Waals surface area contributed by atoms with E-state index in [4.69, 9.17) is 5.73 Å². The van der Waals surface area contributed by atoms with E-state index in [1.165, 1.54) is 0 Å². The molecule has 0 spiro atoms. The molecule has 0 aliphatic heterocycles. The molecule has 0 unspecified atom stereocenters. The molecular formula is C9H20N2O. The van der Waals surface area contributed by atoms with Crippen LogP contribution in [0, 0.1) is 0 Å². The molecule has 3 N–H and O–H groups in total. The average molecular weight is 172 g/mol. The van der Waals surface area contributed by atoms with E-state index in [0.717, 1.165) is 12.8 Å². The molecule has 0 aliphatic carbocycles. The van der Waals surface area contributed by atoms with Gasteiger partial charge in [-0.25, -0.2) is 0 Å². The van der Waals surface area contributed by atoms with Gasteiger partial charge in [0.2, 0.25) is 5.91 Å². The Morgan fingerprint density at radius 3 is 2.50 bits per heavy atom. The molecule has 72 valence electrons. The molecule has 3 heteroatoms. The quantitative estimate of drug-likeness (QED) is 0.650. The van der Waals surface area contributed by atoms with Crippen LogP contribution in [0.5, 0.6) is 0 Å². The summed E-state index contributed by atoms with van der Waals surface area (Å²) in [5.41, 5.74) is 5.39. The third-order valence-electron chi connectivity index (χ3n) is 1.50. The molecular weight excluding hydrogens is 152 g/mol. The maximum atomic E-state index is 11.1. The van der Waals surface area contributed by atoms with Gasteiger partial charge in [0.15, 0.2) is 0 Å². The van der Waals surface area contributed by atoms with Gasteiger partial charge < -0.3 is 11.1 Å². The number of rotatable bonds is 5. The Kier molecular flexibility index (Phi) is 4.90. The highest BCUT2D eigenvalue weighted by atomic mass is 16.1. The van der Waals surface area contributed by atoms with Crippen molar-refractivity contribution >= 4 is 5.91 Å². The summed E-state index contributed by atoms with van der Waals surface area (Å²) < 4.78 is 0. The van der Waals surface area contributed by atoms with Crippen molar-refractivity contribution in [2.24, 2.45) is 5.73 Å². The van der Waals surface area contributed by atoms with Crippen LogP contribution in [0.25, 0.3) is 0 Å². The van der Waals surface area contributed by atoms with E-state index < -0.39 is 0 Å². The Labute approximate surface area is 74.7 Å². The van der Waals surface area contributed by atoms with E-state index in [9.17, 15) is 4.79 Å². The number of carbonyl (C=O) groups excluding carboxylic acids is 1. The highest BCUT2D eigenvalue weighted by molar-refractivity contribution is 5.75. The van der Waals surface area contributed by atoms with Crippen molar-refractivity contribution in [2.45, 2.75) is 45.6 Å². The largest absolute Gasteiger partial charge is 0.354 e. The molecule has 0 aliphatic rings. The molecule has 1 amide bonds. The van der Waals surface area contributed by atoms with Gasteiger partial charge in [-0.2, -0.15) is 0 Å². The van der Waals surface area contributed by atoms with Crippen molar-refractivity contribution in [2.75, 3.05) is 6.54 Å². The maximum absolute atomic E-state index is 11.1. The minimum absolute atomic E-state index is 0.107. The van der Waals surface area contributed by atoms with Crippen molar-refractivity contribution in [1.29, 1.82) is 0 Å². The van der Waals surface area contributed by atoms with Crippen LogP contribution in [-0.4, -0.2) is 18.0 Å². The fraction of sp³-hybridized carbons (Fsp3) is 0.889. The third-order valence-corrected chi connectivity index (χ3v) is 1.50. The van der Waals surface area contributed by atoms with Crippen molar-refractivity contribution in [3.05, 3.63) is 0 Å². The van der Waals surface area contributed by atoms with Gasteiger partial charge in [-0.1, -0.05) is 13.3 Å². The molecule has 3 nitrogen and oxygen atoms in total. The number of hydrogen-bond acceptors (Lipinski definition) is 2. The van der Waals surface area contributed by atoms with Crippen LogP contribution < -0.4 is 11.1 Å². The first-order chi connectivity index (χ1) is 5.45. The Hall–Kier alpha value is -0.570. The molecule has 0 heterocycles. The lowest BCUT2D eigenvalue weighted by atomic mass is 10.1. The molecule has 0 fully saturated rings. The van der Waals surface area contributed by atoms with Crippen LogP contribution in [0.1, 0.15) is 40.0 Å². The first-order valence-electron chi connectivity index (χ1n) is 4.51. The van der Waals surface area contributed by atoms with Gasteiger partial charge in [0.1, 0.15) is 0 Å². The summed E-state index contributed by atoms with van der Waals surface area (Å²) in [5.74, 6) is 0.107. The number of nitrogens with one attached hydrogen (secondary N) is 1. The molecule has 0 atom stereocenters. The van der Waals surface area contributed by atoms with Crippen LogP contribution in [0.4, 0.5) is 0 Å². The fourth-order valence-electron chi connectivity index (χ4n) is 0.752. The van der Waals surface area contributed by atoms with Gasteiger partial charge in [0, 0.05) is 18.5 Å². The summed E-state index contributed by atoms with van der Waals surface area (Å²) >= 11 is 0. The minimum atomic E-state index is -0.304. The Bertz CT molecular complexity index is 138. The number of amides is 1. The molecule has 0 aromatic carbocycles. The van der Waals surface area contributed by atoms with Crippen LogP contribution in [-0.2, 0) is 4.79 Å². The fourth-order valence-corrected chi connectivity index (χ4v) is 0.752. The zero-order chi connectivity index (χ0) is 9.61. The van der Waals surface area contributed by atoms with E-state index in [2.05, 4.69) is 12.2 Å². The molecule has 0 saturated heterocycles. The first kappa shape index (κ1) is 11.4. The number of carbonyl (C=O) groups is 1. The van der Waals surface area contributed by atoms with Crippen molar-refractivity contribution in [3.8, 4) is 0 Å². The van der Waals surface area contributed by atoms with E-state index in [-0.39, 0.29) is 11.4 Å². The zero-order valence-electron chi connectivity index (χ0n) is 8.31. The number of hydrogen-bond donors (Lipinski definition) is 2. The normalized spacial score (nSPS) is 11.3. The van der Waals surface area contributed by atoms with Gasteiger partial charge in [0.25, 0.3) is 0 Å². The smallest absolute Gasteiger partial charge is 0.220 e. The SMILES string of the molecule is CCCCC(=O)NCC(C)(C)N. The van der Waals surface area contributed by atoms with Crippen molar-refractivity contribution in [3.63, 3.8) is 0 Å². The second-order valence-electron chi connectivity index (χ2n) is 3.87. The molecule has 0 aromatic rings. The summed E-state index contributed by atoms with van der Waals surface area (Å²) in [6.45, 7) is 6.41. The highest BCUT2D eigenvalue weighted by Crippen LogP contribution is 1.96.